The number of nitrogens with zero attached hydrogens (tertiary/aromatic N) is 3. The van der Waals surface area contributed by atoms with Crippen molar-refractivity contribution in [3.63, 3.8) is 0 Å². The lowest BCUT2D eigenvalue weighted by Crippen LogP contribution is -2.38. The van der Waals surface area contributed by atoms with Gasteiger partial charge in [0.2, 0.25) is 0 Å². The molecule has 1 aliphatic rings. The molecule has 1 atom stereocenters. The second-order valence-electron chi connectivity index (χ2n) is 5.52. The molecule has 3 rings (SSSR count). The molecule has 110 valence electrons. The Morgan fingerprint density at radius 3 is 2.90 bits per heavy atom. The number of hydrogen-bond acceptors (Lipinski definition) is 3. The number of fused-ring (bicyclic) bond motifs is 1. The lowest BCUT2D eigenvalue weighted by Gasteiger charge is -2.32. The van der Waals surface area contributed by atoms with Crippen molar-refractivity contribution in [1.29, 1.82) is 0 Å². The number of aromatic nitrogens is 2. The molecular formula is C16H19N3O2. The number of carboxylic acid groups (broad SMARTS) is 1. The quantitative estimate of drug-likeness (QED) is 0.928. The van der Waals surface area contributed by atoms with Crippen molar-refractivity contribution in [3.05, 3.63) is 53.3 Å². The Hall–Kier alpha value is -2.14. The number of hydrogen-bond donors (Lipinski definition) is 1. The van der Waals surface area contributed by atoms with E-state index in [1.54, 1.807) is 6.20 Å². The molecule has 0 amide bonds. The molecule has 2 aromatic rings. The lowest BCUT2D eigenvalue weighted by atomic mass is 9.90. The molecule has 0 aliphatic carbocycles. The van der Waals surface area contributed by atoms with E-state index in [1.807, 2.05) is 42.1 Å². The Bertz CT molecular complexity index is 650. The molecular weight excluding hydrogens is 266 g/mol. The minimum Gasteiger partial charge on any atom is -0.481 e. The summed E-state index contributed by atoms with van der Waals surface area (Å²) < 4.78 is 1.87. The molecule has 0 bridgehead atoms. The topological polar surface area (TPSA) is 58.4 Å². The van der Waals surface area contributed by atoms with Crippen LogP contribution in [0.5, 0.6) is 0 Å². The number of carbonyl (C=O) groups is 1. The first-order chi connectivity index (χ1) is 10.1. The van der Waals surface area contributed by atoms with Crippen molar-refractivity contribution in [3.8, 4) is 0 Å². The van der Waals surface area contributed by atoms with Crippen molar-refractivity contribution < 1.29 is 9.90 Å². The van der Waals surface area contributed by atoms with Gasteiger partial charge >= 0.3 is 5.97 Å². The van der Waals surface area contributed by atoms with Gasteiger partial charge in [0, 0.05) is 45.0 Å². The molecule has 0 saturated carbocycles. The van der Waals surface area contributed by atoms with Gasteiger partial charge in [-0.1, -0.05) is 24.3 Å². The average Bonchev–Trinajstić information content (AvgIpc) is 2.89. The summed E-state index contributed by atoms with van der Waals surface area (Å²) in [6, 6.07) is 9.86. The molecule has 1 unspecified atom stereocenters. The third-order valence-electron chi connectivity index (χ3n) is 4.17. The SMILES string of the molecule is Cn1nccc1CCN1Cc2ccccc2C(C(=O)O)C1. The van der Waals surface area contributed by atoms with Gasteiger partial charge in [0.15, 0.2) is 0 Å². The van der Waals surface area contributed by atoms with Crippen LogP contribution in [0.4, 0.5) is 0 Å². The van der Waals surface area contributed by atoms with Gasteiger partial charge in [0.1, 0.15) is 0 Å². The van der Waals surface area contributed by atoms with Gasteiger partial charge in [-0.15, -0.1) is 0 Å². The third-order valence-corrected chi connectivity index (χ3v) is 4.17. The molecule has 1 N–H and O–H groups in total. The van der Waals surface area contributed by atoms with Crippen LogP contribution in [0.15, 0.2) is 36.5 Å². The van der Waals surface area contributed by atoms with E-state index in [0.717, 1.165) is 30.6 Å². The Balaban J connectivity index is 1.74. The first-order valence-electron chi connectivity index (χ1n) is 7.15. The van der Waals surface area contributed by atoms with Gasteiger partial charge in [-0.2, -0.15) is 5.10 Å². The van der Waals surface area contributed by atoms with Gasteiger partial charge in [0.25, 0.3) is 0 Å². The Kier molecular flexibility index (Phi) is 3.75. The van der Waals surface area contributed by atoms with E-state index in [0.29, 0.717) is 6.54 Å². The van der Waals surface area contributed by atoms with Gasteiger partial charge in [0.05, 0.1) is 5.92 Å². The summed E-state index contributed by atoms with van der Waals surface area (Å²) in [5, 5.41) is 13.6. The van der Waals surface area contributed by atoms with Crippen LogP contribution in [0.1, 0.15) is 22.7 Å². The predicted octanol–water partition coefficient (Wildman–Crippen LogP) is 1.65. The van der Waals surface area contributed by atoms with E-state index in [1.165, 1.54) is 5.69 Å². The van der Waals surface area contributed by atoms with Crippen LogP contribution in [-0.2, 0) is 24.8 Å². The molecule has 0 radical (unpaired) electrons. The molecule has 0 fully saturated rings. The first-order valence-corrected chi connectivity index (χ1v) is 7.15. The van der Waals surface area contributed by atoms with Crippen LogP contribution in [0.25, 0.3) is 0 Å². The monoisotopic (exact) mass is 285 g/mol. The van der Waals surface area contributed by atoms with E-state index in [9.17, 15) is 9.90 Å². The molecule has 1 aliphatic heterocycles. The molecule has 5 heteroatoms. The molecule has 0 saturated heterocycles. The number of rotatable bonds is 4. The van der Waals surface area contributed by atoms with Crippen LogP contribution in [0.3, 0.4) is 0 Å². The Morgan fingerprint density at radius 1 is 1.38 bits per heavy atom. The van der Waals surface area contributed by atoms with Gasteiger partial charge in [-0.25, -0.2) is 0 Å². The number of aliphatic carboxylic acids is 1. The van der Waals surface area contributed by atoms with Crippen LogP contribution in [-0.4, -0.2) is 38.8 Å². The van der Waals surface area contributed by atoms with Gasteiger partial charge < -0.3 is 5.11 Å². The highest BCUT2D eigenvalue weighted by atomic mass is 16.4. The summed E-state index contributed by atoms with van der Waals surface area (Å²) in [4.78, 5) is 13.7. The van der Waals surface area contributed by atoms with Crippen molar-refractivity contribution in [2.75, 3.05) is 13.1 Å². The molecule has 1 aromatic heterocycles. The summed E-state index contributed by atoms with van der Waals surface area (Å²) >= 11 is 0. The summed E-state index contributed by atoms with van der Waals surface area (Å²) in [6.45, 7) is 2.24. The highest BCUT2D eigenvalue weighted by molar-refractivity contribution is 5.77. The van der Waals surface area contributed by atoms with E-state index in [4.69, 9.17) is 0 Å². The summed E-state index contributed by atoms with van der Waals surface area (Å²) in [7, 11) is 1.93. The highest BCUT2D eigenvalue weighted by Gasteiger charge is 2.29. The maximum absolute atomic E-state index is 11.5. The normalized spacial score (nSPS) is 18.4. The lowest BCUT2D eigenvalue weighted by molar-refractivity contribution is -0.139. The maximum atomic E-state index is 11.5. The van der Waals surface area contributed by atoms with Crippen molar-refractivity contribution in [2.45, 2.75) is 18.9 Å². The van der Waals surface area contributed by atoms with E-state index >= 15 is 0 Å². The fraction of sp³-hybridized carbons (Fsp3) is 0.375. The van der Waals surface area contributed by atoms with Crippen LogP contribution >= 0.6 is 0 Å². The van der Waals surface area contributed by atoms with E-state index < -0.39 is 11.9 Å². The first kappa shape index (κ1) is 13.8. The van der Waals surface area contributed by atoms with Crippen LogP contribution in [0.2, 0.25) is 0 Å². The zero-order valence-electron chi connectivity index (χ0n) is 12.1. The fourth-order valence-electron chi connectivity index (χ4n) is 2.98. The average molecular weight is 285 g/mol. The Morgan fingerprint density at radius 2 is 2.19 bits per heavy atom. The molecule has 2 heterocycles. The fourth-order valence-corrected chi connectivity index (χ4v) is 2.98. The summed E-state index contributed by atoms with van der Waals surface area (Å²) in [5.74, 6) is -1.17. The van der Waals surface area contributed by atoms with Crippen molar-refractivity contribution >= 4 is 5.97 Å². The van der Waals surface area contributed by atoms with Crippen molar-refractivity contribution in [2.24, 2.45) is 7.05 Å². The largest absolute Gasteiger partial charge is 0.481 e. The van der Waals surface area contributed by atoms with Gasteiger partial charge in [-0.05, 0) is 17.2 Å². The predicted molar refractivity (Wildman–Crippen MR) is 79.0 cm³/mol. The minimum absolute atomic E-state index is 0.429. The van der Waals surface area contributed by atoms with Crippen LogP contribution < -0.4 is 0 Å². The zero-order valence-corrected chi connectivity index (χ0v) is 12.1. The minimum atomic E-state index is -0.743. The Labute approximate surface area is 123 Å². The smallest absolute Gasteiger partial charge is 0.312 e. The van der Waals surface area contributed by atoms with Gasteiger partial charge in [-0.3, -0.25) is 14.4 Å². The summed E-state index contributed by atoms with van der Waals surface area (Å²) in [6.07, 6.45) is 2.67. The van der Waals surface area contributed by atoms with Crippen molar-refractivity contribution in [1.82, 2.24) is 14.7 Å². The number of benzene rings is 1. The summed E-state index contributed by atoms with van der Waals surface area (Å²) in [5.41, 5.74) is 3.25. The standard InChI is InChI=1S/C16H19N3O2/c1-18-13(6-8-17-18)7-9-19-10-12-4-2-3-5-14(12)15(11-19)16(20)21/h2-6,8,15H,7,9-11H2,1H3,(H,20,21). The molecule has 5 nitrogen and oxygen atoms in total. The maximum Gasteiger partial charge on any atom is 0.312 e. The number of carboxylic acids is 1. The molecule has 21 heavy (non-hydrogen) atoms. The molecule has 0 spiro atoms. The number of aryl methyl sites for hydroxylation is 1. The van der Waals surface area contributed by atoms with E-state index in [2.05, 4.69) is 10.00 Å². The third kappa shape index (κ3) is 2.83. The second kappa shape index (κ2) is 5.69. The highest BCUT2D eigenvalue weighted by Crippen LogP contribution is 2.28. The van der Waals surface area contributed by atoms with Crippen LogP contribution in [0, 0.1) is 0 Å². The zero-order chi connectivity index (χ0) is 14.8. The second-order valence-corrected chi connectivity index (χ2v) is 5.52. The molecule has 1 aromatic carbocycles. The van der Waals surface area contributed by atoms with E-state index in [-0.39, 0.29) is 0 Å².